The van der Waals surface area contributed by atoms with Gasteiger partial charge in [-0.1, -0.05) is 34.6 Å². The van der Waals surface area contributed by atoms with Gasteiger partial charge in [0.05, 0.1) is 6.61 Å². The number of hydrogen-bond acceptors (Lipinski definition) is 6. The van der Waals surface area contributed by atoms with Gasteiger partial charge in [0.25, 0.3) is 0 Å². The summed E-state index contributed by atoms with van der Waals surface area (Å²) in [6.45, 7) is 18.6. The molecule has 2 rings (SSSR count). The van der Waals surface area contributed by atoms with E-state index >= 15 is 0 Å². The molecular formula is C22H38N4O2. The van der Waals surface area contributed by atoms with Crippen molar-refractivity contribution in [2.45, 2.75) is 47.1 Å². The fraction of sp³-hybridized carbons (Fsp3) is 0.727. The lowest BCUT2D eigenvalue weighted by molar-refractivity contribution is 0.0858. The second kappa shape index (κ2) is 10.9. The lowest BCUT2D eigenvalue weighted by atomic mass is 9.87. The smallest absolute Gasteiger partial charge is 0.213 e. The van der Waals surface area contributed by atoms with Gasteiger partial charge in [-0.3, -0.25) is 9.69 Å². The molecule has 0 aliphatic carbocycles. The molecule has 1 aromatic heterocycles. The Labute approximate surface area is 170 Å². The zero-order valence-corrected chi connectivity index (χ0v) is 18.3. The summed E-state index contributed by atoms with van der Waals surface area (Å²) in [6.07, 6.45) is 2.61. The van der Waals surface area contributed by atoms with Crippen LogP contribution in [0.4, 0.5) is 0 Å². The Kier molecular flexibility index (Phi) is 8.86. The molecule has 0 spiro atoms. The maximum absolute atomic E-state index is 12.2. The van der Waals surface area contributed by atoms with Crippen LogP contribution in [-0.4, -0.2) is 79.0 Å². The number of carbonyl (C=O) groups excluding carboxylic acids is 1. The highest BCUT2D eigenvalue weighted by molar-refractivity contribution is 5.99. The van der Waals surface area contributed by atoms with Crippen LogP contribution in [0.25, 0.3) is 0 Å². The normalized spacial score (nSPS) is 16.5. The standard InChI is InChI=1S/C22H38N4O2/c1-18(2)23-9-11-26-14-12-25(13-15-26)10-6-16-28-20-8-7-19(17-24-20)21(27)22(3,4)5/h7-8,17-18,23H,6,9-16H2,1-5H3. The number of ketones is 1. The lowest BCUT2D eigenvalue weighted by Crippen LogP contribution is -2.48. The summed E-state index contributed by atoms with van der Waals surface area (Å²) in [5.74, 6) is 0.693. The molecule has 1 fully saturated rings. The highest BCUT2D eigenvalue weighted by Crippen LogP contribution is 2.21. The van der Waals surface area contributed by atoms with E-state index in [1.165, 1.54) is 0 Å². The van der Waals surface area contributed by atoms with Crippen LogP contribution in [0.5, 0.6) is 5.88 Å². The second-order valence-electron chi connectivity index (χ2n) is 8.96. The fourth-order valence-corrected chi connectivity index (χ4v) is 3.25. The molecule has 0 radical (unpaired) electrons. The maximum Gasteiger partial charge on any atom is 0.213 e. The molecule has 6 heteroatoms. The number of piperazine rings is 1. The quantitative estimate of drug-likeness (QED) is 0.490. The third-order valence-corrected chi connectivity index (χ3v) is 4.99. The Hall–Kier alpha value is -1.50. The summed E-state index contributed by atoms with van der Waals surface area (Å²) in [4.78, 5) is 21.6. The zero-order chi connectivity index (χ0) is 20.6. The number of pyridine rings is 1. The Morgan fingerprint density at radius 1 is 1.14 bits per heavy atom. The molecule has 158 valence electrons. The van der Waals surface area contributed by atoms with E-state index < -0.39 is 0 Å². The van der Waals surface area contributed by atoms with Gasteiger partial charge in [-0.2, -0.15) is 0 Å². The van der Waals surface area contributed by atoms with Crippen molar-refractivity contribution in [3.8, 4) is 5.88 Å². The summed E-state index contributed by atoms with van der Waals surface area (Å²) in [7, 11) is 0. The molecule has 0 saturated carbocycles. The van der Waals surface area contributed by atoms with Gasteiger partial charge >= 0.3 is 0 Å². The third-order valence-electron chi connectivity index (χ3n) is 4.99. The third kappa shape index (κ3) is 7.86. The van der Waals surface area contributed by atoms with E-state index in [1.54, 1.807) is 12.3 Å². The van der Waals surface area contributed by atoms with Crippen LogP contribution in [0.3, 0.4) is 0 Å². The molecule has 2 heterocycles. The summed E-state index contributed by atoms with van der Waals surface area (Å²) in [6, 6.07) is 4.16. The Morgan fingerprint density at radius 2 is 1.79 bits per heavy atom. The molecule has 0 aromatic carbocycles. The SMILES string of the molecule is CC(C)NCCN1CCN(CCCOc2ccc(C(=O)C(C)(C)C)cn2)CC1. The van der Waals surface area contributed by atoms with Crippen LogP contribution in [0, 0.1) is 5.41 Å². The van der Waals surface area contributed by atoms with Gasteiger partial charge < -0.3 is 15.0 Å². The van der Waals surface area contributed by atoms with Crippen LogP contribution >= 0.6 is 0 Å². The highest BCUT2D eigenvalue weighted by Gasteiger charge is 2.23. The average Bonchev–Trinajstić information content (AvgIpc) is 2.65. The van der Waals surface area contributed by atoms with Crippen LogP contribution < -0.4 is 10.1 Å². The summed E-state index contributed by atoms with van der Waals surface area (Å²) in [5.41, 5.74) is 0.250. The number of nitrogens with one attached hydrogen (secondary N) is 1. The predicted molar refractivity (Wildman–Crippen MR) is 114 cm³/mol. The first-order valence-corrected chi connectivity index (χ1v) is 10.6. The summed E-state index contributed by atoms with van der Waals surface area (Å²) in [5, 5.41) is 3.48. The van der Waals surface area contributed by atoms with Crippen molar-refractivity contribution >= 4 is 5.78 Å². The molecule has 6 nitrogen and oxygen atoms in total. The molecule has 1 aliphatic heterocycles. The van der Waals surface area contributed by atoms with Gasteiger partial charge in [-0.05, 0) is 12.5 Å². The van der Waals surface area contributed by atoms with E-state index in [0.29, 0.717) is 24.1 Å². The van der Waals surface area contributed by atoms with Gasteiger partial charge in [0.1, 0.15) is 0 Å². The topological polar surface area (TPSA) is 57.7 Å². The first kappa shape index (κ1) is 22.8. The number of hydrogen-bond donors (Lipinski definition) is 1. The van der Waals surface area contributed by atoms with Gasteiger partial charge in [0, 0.05) is 75.1 Å². The molecule has 0 unspecified atom stereocenters. The van der Waals surface area contributed by atoms with Crippen LogP contribution in [0.1, 0.15) is 51.4 Å². The number of rotatable bonds is 10. The van der Waals surface area contributed by atoms with E-state index in [1.807, 2.05) is 26.8 Å². The van der Waals surface area contributed by atoms with Gasteiger partial charge in [-0.15, -0.1) is 0 Å². The molecule has 28 heavy (non-hydrogen) atoms. The minimum atomic E-state index is -0.390. The first-order chi connectivity index (χ1) is 13.3. The molecule has 0 amide bonds. The monoisotopic (exact) mass is 390 g/mol. The number of nitrogens with zero attached hydrogens (tertiary/aromatic N) is 3. The van der Waals surface area contributed by atoms with Crippen LogP contribution in [0.2, 0.25) is 0 Å². The Bertz CT molecular complexity index is 588. The van der Waals surface area contributed by atoms with Crippen LogP contribution in [0.15, 0.2) is 18.3 Å². The molecular weight excluding hydrogens is 352 g/mol. The van der Waals surface area contributed by atoms with Crippen molar-refractivity contribution in [2.75, 3.05) is 52.4 Å². The fourth-order valence-electron chi connectivity index (χ4n) is 3.25. The first-order valence-electron chi connectivity index (χ1n) is 10.6. The molecule has 1 aromatic rings. The van der Waals surface area contributed by atoms with E-state index in [9.17, 15) is 4.79 Å². The lowest BCUT2D eigenvalue weighted by Gasteiger charge is -2.34. The number of carbonyl (C=O) groups is 1. The number of ether oxygens (including phenoxy) is 1. The van der Waals surface area contributed by atoms with Gasteiger partial charge in [0.2, 0.25) is 5.88 Å². The van der Waals surface area contributed by atoms with Crippen molar-refractivity contribution in [1.29, 1.82) is 0 Å². The molecule has 0 atom stereocenters. The highest BCUT2D eigenvalue weighted by atomic mass is 16.5. The van der Waals surface area contributed by atoms with Crippen molar-refractivity contribution < 1.29 is 9.53 Å². The van der Waals surface area contributed by atoms with E-state index in [4.69, 9.17) is 4.74 Å². The van der Waals surface area contributed by atoms with Gasteiger partial charge in [-0.25, -0.2) is 4.98 Å². The largest absolute Gasteiger partial charge is 0.478 e. The van der Waals surface area contributed by atoms with E-state index in [0.717, 1.165) is 52.2 Å². The number of Topliss-reactive ketones (excluding diaryl/α,β-unsaturated/α-hetero) is 1. The molecule has 0 bridgehead atoms. The summed E-state index contributed by atoms with van der Waals surface area (Å²) >= 11 is 0. The van der Waals surface area contributed by atoms with Crippen LogP contribution in [-0.2, 0) is 0 Å². The molecule has 1 saturated heterocycles. The Balaban J connectivity index is 1.60. The molecule has 1 N–H and O–H groups in total. The zero-order valence-electron chi connectivity index (χ0n) is 18.3. The predicted octanol–water partition coefficient (Wildman–Crippen LogP) is 2.69. The second-order valence-corrected chi connectivity index (χ2v) is 8.96. The molecule has 1 aliphatic rings. The maximum atomic E-state index is 12.2. The minimum absolute atomic E-state index is 0.102. The van der Waals surface area contributed by atoms with Crippen molar-refractivity contribution in [2.24, 2.45) is 5.41 Å². The van der Waals surface area contributed by atoms with Crippen molar-refractivity contribution in [1.82, 2.24) is 20.1 Å². The Morgan fingerprint density at radius 3 is 2.32 bits per heavy atom. The minimum Gasteiger partial charge on any atom is -0.478 e. The van der Waals surface area contributed by atoms with Gasteiger partial charge in [0.15, 0.2) is 5.78 Å². The average molecular weight is 391 g/mol. The van der Waals surface area contributed by atoms with Crippen molar-refractivity contribution in [3.05, 3.63) is 23.9 Å². The van der Waals surface area contributed by atoms with Crippen molar-refractivity contribution in [3.63, 3.8) is 0 Å². The summed E-state index contributed by atoms with van der Waals surface area (Å²) < 4.78 is 5.75. The van der Waals surface area contributed by atoms with E-state index in [2.05, 4.69) is 33.9 Å². The number of aromatic nitrogens is 1. The van der Waals surface area contributed by atoms with E-state index in [-0.39, 0.29) is 11.2 Å².